The Hall–Kier alpha value is -0.170. The van der Waals surface area contributed by atoms with Gasteiger partial charge in [0.15, 0.2) is 0 Å². The van der Waals surface area contributed by atoms with Crippen LogP contribution in [-0.2, 0) is 10.2 Å². The van der Waals surface area contributed by atoms with Crippen molar-refractivity contribution in [2.45, 2.75) is 51.6 Å². The van der Waals surface area contributed by atoms with Crippen LogP contribution in [0, 0.1) is 5.92 Å². The van der Waals surface area contributed by atoms with Crippen molar-refractivity contribution in [3.63, 3.8) is 0 Å². The molecule has 106 valence electrons. The van der Waals surface area contributed by atoms with Crippen LogP contribution < -0.4 is 5.73 Å². The molecule has 2 aliphatic heterocycles. The van der Waals surface area contributed by atoms with Crippen molar-refractivity contribution < 1.29 is 8.42 Å². The van der Waals surface area contributed by atoms with E-state index in [0.717, 1.165) is 25.7 Å². The predicted octanol–water partition coefficient (Wildman–Crippen LogP) is 0.775. The van der Waals surface area contributed by atoms with E-state index in [1.54, 1.807) is 8.61 Å². The van der Waals surface area contributed by atoms with Crippen molar-refractivity contribution in [1.29, 1.82) is 0 Å². The Morgan fingerprint density at radius 3 is 2.50 bits per heavy atom. The molecular weight excluding hydrogens is 250 g/mol. The molecule has 0 bridgehead atoms. The maximum Gasteiger partial charge on any atom is 0.282 e. The van der Waals surface area contributed by atoms with Crippen LogP contribution in [0.1, 0.15) is 39.5 Å². The topological polar surface area (TPSA) is 66.6 Å². The SMILES string of the molecule is CC(N)C1CCN(S(=O)(=O)N2CCCCC2C)C1. The minimum atomic E-state index is -3.27. The average molecular weight is 275 g/mol. The van der Waals surface area contributed by atoms with Crippen LogP contribution in [0.5, 0.6) is 0 Å². The van der Waals surface area contributed by atoms with Crippen molar-refractivity contribution in [2.75, 3.05) is 19.6 Å². The summed E-state index contributed by atoms with van der Waals surface area (Å²) in [6.07, 6.45) is 3.98. The zero-order valence-corrected chi connectivity index (χ0v) is 12.2. The molecule has 2 fully saturated rings. The lowest BCUT2D eigenvalue weighted by atomic mass is 10.0. The predicted molar refractivity (Wildman–Crippen MR) is 72.3 cm³/mol. The minimum absolute atomic E-state index is 0.0731. The Morgan fingerprint density at radius 2 is 1.94 bits per heavy atom. The zero-order valence-electron chi connectivity index (χ0n) is 11.4. The molecule has 2 aliphatic rings. The second-order valence-corrected chi connectivity index (χ2v) is 7.61. The molecule has 2 rings (SSSR count). The highest BCUT2D eigenvalue weighted by molar-refractivity contribution is 7.86. The molecule has 0 aromatic rings. The molecule has 3 unspecified atom stereocenters. The number of hydrogen-bond acceptors (Lipinski definition) is 3. The highest BCUT2D eigenvalue weighted by atomic mass is 32.2. The molecule has 2 heterocycles. The summed E-state index contributed by atoms with van der Waals surface area (Å²) in [6.45, 7) is 5.85. The van der Waals surface area contributed by atoms with Crippen LogP contribution in [0.15, 0.2) is 0 Å². The second-order valence-electron chi connectivity index (χ2n) is 5.73. The first-order chi connectivity index (χ1) is 8.43. The summed E-state index contributed by atoms with van der Waals surface area (Å²) in [5, 5.41) is 0. The van der Waals surface area contributed by atoms with Crippen LogP contribution >= 0.6 is 0 Å². The Morgan fingerprint density at radius 1 is 1.22 bits per heavy atom. The number of piperidine rings is 1. The quantitative estimate of drug-likeness (QED) is 0.827. The van der Waals surface area contributed by atoms with E-state index < -0.39 is 10.2 Å². The van der Waals surface area contributed by atoms with E-state index in [4.69, 9.17) is 5.73 Å². The van der Waals surface area contributed by atoms with E-state index in [1.807, 2.05) is 13.8 Å². The molecule has 0 radical (unpaired) electrons. The molecule has 2 N–H and O–H groups in total. The van der Waals surface area contributed by atoms with E-state index in [1.165, 1.54) is 0 Å². The minimum Gasteiger partial charge on any atom is -0.328 e. The fourth-order valence-electron chi connectivity index (χ4n) is 2.96. The van der Waals surface area contributed by atoms with Gasteiger partial charge in [-0.15, -0.1) is 0 Å². The van der Waals surface area contributed by atoms with Crippen molar-refractivity contribution in [3.8, 4) is 0 Å². The highest BCUT2D eigenvalue weighted by Crippen LogP contribution is 2.27. The van der Waals surface area contributed by atoms with Crippen molar-refractivity contribution >= 4 is 10.2 Å². The number of nitrogens with zero attached hydrogens (tertiary/aromatic N) is 2. The van der Waals surface area contributed by atoms with Gasteiger partial charge in [-0.25, -0.2) is 0 Å². The monoisotopic (exact) mass is 275 g/mol. The zero-order chi connectivity index (χ0) is 13.3. The first-order valence-electron chi connectivity index (χ1n) is 6.95. The Bertz CT molecular complexity index is 383. The summed E-state index contributed by atoms with van der Waals surface area (Å²) in [5.74, 6) is 0.305. The van der Waals surface area contributed by atoms with Crippen LogP contribution in [0.4, 0.5) is 0 Å². The summed E-state index contributed by atoms with van der Waals surface area (Å²) in [5.41, 5.74) is 5.87. The van der Waals surface area contributed by atoms with Crippen molar-refractivity contribution in [2.24, 2.45) is 11.7 Å². The summed E-state index contributed by atoms with van der Waals surface area (Å²) in [6, 6.07) is 0.210. The van der Waals surface area contributed by atoms with Gasteiger partial charge in [0.1, 0.15) is 0 Å². The van der Waals surface area contributed by atoms with Gasteiger partial charge >= 0.3 is 0 Å². The van der Waals surface area contributed by atoms with E-state index in [9.17, 15) is 8.42 Å². The number of hydrogen-bond donors (Lipinski definition) is 1. The van der Waals surface area contributed by atoms with E-state index in [2.05, 4.69) is 0 Å². The van der Waals surface area contributed by atoms with Crippen LogP contribution in [0.3, 0.4) is 0 Å². The average Bonchev–Trinajstić information content (AvgIpc) is 2.79. The lowest BCUT2D eigenvalue weighted by molar-refractivity contribution is 0.249. The first kappa shape index (κ1) is 14.2. The van der Waals surface area contributed by atoms with E-state index >= 15 is 0 Å². The van der Waals surface area contributed by atoms with Crippen molar-refractivity contribution in [3.05, 3.63) is 0 Å². The van der Waals surface area contributed by atoms with Gasteiger partial charge in [0.2, 0.25) is 0 Å². The molecule has 0 saturated carbocycles. The Labute approximate surface area is 110 Å². The van der Waals surface area contributed by atoms with E-state index in [-0.39, 0.29) is 12.1 Å². The summed E-state index contributed by atoms with van der Waals surface area (Å²) >= 11 is 0. The summed E-state index contributed by atoms with van der Waals surface area (Å²) in [7, 11) is -3.27. The van der Waals surface area contributed by atoms with Crippen LogP contribution in [0.25, 0.3) is 0 Å². The largest absolute Gasteiger partial charge is 0.328 e. The first-order valence-corrected chi connectivity index (χ1v) is 8.35. The lowest BCUT2D eigenvalue weighted by Gasteiger charge is -2.35. The van der Waals surface area contributed by atoms with Gasteiger partial charge in [0, 0.05) is 31.7 Å². The highest BCUT2D eigenvalue weighted by Gasteiger charge is 2.39. The third-order valence-electron chi connectivity index (χ3n) is 4.30. The molecule has 0 aromatic carbocycles. The molecule has 0 aromatic heterocycles. The number of rotatable bonds is 3. The normalized spacial score (nSPS) is 33.7. The Balaban J connectivity index is 2.07. The number of nitrogens with two attached hydrogens (primary N) is 1. The maximum atomic E-state index is 12.6. The van der Waals surface area contributed by atoms with Crippen molar-refractivity contribution in [1.82, 2.24) is 8.61 Å². The fourth-order valence-corrected chi connectivity index (χ4v) is 4.89. The molecular formula is C12H25N3O2S. The standard InChI is InChI=1S/C12H25N3O2S/c1-10-5-3-4-7-15(10)18(16,17)14-8-6-12(9-14)11(2)13/h10-12H,3-9,13H2,1-2H3. The molecule has 0 aliphatic carbocycles. The molecule has 18 heavy (non-hydrogen) atoms. The van der Waals surface area contributed by atoms with Gasteiger partial charge in [-0.1, -0.05) is 6.42 Å². The molecule has 5 nitrogen and oxygen atoms in total. The van der Waals surface area contributed by atoms with Gasteiger partial charge in [-0.2, -0.15) is 17.0 Å². The van der Waals surface area contributed by atoms with Crippen LogP contribution in [0.2, 0.25) is 0 Å². The smallest absolute Gasteiger partial charge is 0.282 e. The lowest BCUT2D eigenvalue weighted by Crippen LogP contribution is -2.49. The summed E-state index contributed by atoms with van der Waals surface area (Å²) in [4.78, 5) is 0. The van der Waals surface area contributed by atoms with Gasteiger partial charge in [0.05, 0.1) is 0 Å². The van der Waals surface area contributed by atoms with E-state index in [0.29, 0.717) is 25.6 Å². The summed E-state index contributed by atoms with van der Waals surface area (Å²) < 4.78 is 28.5. The molecule has 0 amide bonds. The van der Waals surface area contributed by atoms with Gasteiger partial charge in [0.25, 0.3) is 10.2 Å². The third kappa shape index (κ3) is 2.71. The fraction of sp³-hybridized carbons (Fsp3) is 1.00. The Kier molecular flexibility index (Phi) is 4.31. The van der Waals surface area contributed by atoms with Gasteiger partial charge < -0.3 is 5.73 Å². The van der Waals surface area contributed by atoms with Gasteiger partial charge in [-0.05, 0) is 39.0 Å². The maximum absolute atomic E-state index is 12.6. The van der Waals surface area contributed by atoms with Crippen LogP contribution in [-0.4, -0.2) is 48.7 Å². The second kappa shape index (κ2) is 5.45. The molecule has 2 saturated heterocycles. The molecule has 0 spiro atoms. The molecule has 3 atom stereocenters. The third-order valence-corrected chi connectivity index (χ3v) is 6.42. The molecule has 6 heteroatoms. The van der Waals surface area contributed by atoms with Gasteiger partial charge in [-0.3, -0.25) is 0 Å².